The van der Waals surface area contributed by atoms with Gasteiger partial charge in [-0.05, 0) is 54.2 Å². The van der Waals surface area contributed by atoms with Crippen molar-refractivity contribution in [1.29, 1.82) is 0 Å². The van der Waals surface area contributed by atoms with Gasteiger partial charge in [-0.1, -0.05) is 18.2 Å². The summed E-state index contributed by atoms with van der Waals surface area (Å²) in [5.41, 5.74) is 1.29. The van der Waals surface area contributed by atoms with E-state index in [4.69, 9.17) is 9.47 Å². The van der Waals surface area contributed by atoms with Gasteiger partial charge in [-0.15, -0.1) is 0 Å². The Labute approximate surface area is 153 Å². The lowest BCUT2D eigenvalue weighted by Gasteiger charge is -2.21. The molecule has 1 saturated heterocycles. The van der Waals surface area contributed by atoms with Crippen LogP contribution in [0.3, 0.4) is 0 Å². The number of methoxy groups -OCH3 is 2. The summed E-state index contributed by atoms with van der Waals surface area (Å²) in [6.45, 7) is 0.437. The molecule has 0 N–H and O–H groups in total. The van der Waals surface area contributed by atoms with E-state index >= 15 is 0 Å². The van der Waals surface area contributed by atoms with Crippen LogP contribution in [0.1, 0.15) is 18.4 Å². The number of allylic oxidation sites excluding steroid dienone is 2. The molecule has 1 spiro atoms. The molecule has 0 aromatic heterocycles. The first kappa shape index (κ1) is 15.9. The third kappa shape index (κ3) is 1.91. The Hall–Kier alpha value is -2.30. The molecule has 3 fully saturated rings. The Kier molecular flexibility index (Phi) is 3.27. The smallest absolute Gasteiger partial charge is 0.233 e. The zero-order chi connectivity index (χ0) is 18.1. The highest BCUT2D eigenvalue weighted by atomic mass is 16.5. The Balaban J connectivity index is 1.32. The topological polar surface area (TPSA) is 55.8 Å². The van der Waals surface area contributed by atoms with Gasteiger partial charge in [0.1, 0.15) is 0 Å². The molecule has 0 radical (unpaired) electrons. The molecular formula is C21H23NO4. The van der Waals surface area contributed by atoms with E-state index in [9.17, 15) is 9.59 Å². The van der Waals surface area contributed by atoms with Gasteiger partial charge in [-0.3, -0.25) is 14.5 Å². The minimum atomic E-state index is -0.106. The maximum absolute atomic E-state index is 13.0. The molecule has 5 heteroatoms. The molecule has 4 atom stereocenters. The summed E-state index contributed by atoms with van der Waals surface area (Å²) in [7, 11) is 3.21. The van der Waals surface area contributed by atoms with Gasteiger partial charge in [-0.25, -0.2) is 0 Å². The number of rotatable bonds is 5. The van der Waals surface area contributed by atoms with E-state index in [1.54, 1.807) is 14.2 Å². The molecule has 2 bridgehead atoms. The van der Waals surface area contributed by atoms with E-state index < -0.39 is 0 Å². The minimum Gasteiger partial charge on any atom is -0.493 e. The third-order valence-corrected chi connectivity index (χ3v) is 7.02. The van der Waals surface area contributed by atoms with Crippen molar-refractivity contribution in [3.63, 3.8) is 0 Å². The number of amides is 2. The Morgan fingerprint density at radius 2 is 1.62 bits per heavy atom. The molecule has 2 amide bonds. The van der Waals surface area contributed by atoms with Gasteiger partial charge in [-0.2, -0.15) is 0 Å². The van der Waals surface area contributed by atoms with Crippen molar-refractivity contribution in [2.75, 3.05) is 20.8 Å². The number of ether oxygens (including phenoxy) is 2. The summed E-state index contributed by atoms with van der Waals surface area (Å²) in [5, 5.41) is 0. The fourth-order valence-electron chi connectivity index (χ4n) is 5.64. The summed E-state index contributed by atoms with van der Waals surface area (Å²) < 4.78 is 10.6. The van der Waals surface area contributed by atoms with Gasteiger partial charge in [0.2, 0.25) is 11.8 Å². The highest BCUT2D eigenvalue weighted by Crippen LogP contribution is 2.73. The van der Waals surface area contributed by atoms with Gasteiger partial charge in [0.05, 0.1) is 26.1 Å². The molecule has 0 unspecified atom stereocenters. The second kappa shape index (κ2) is 5.35. The first-order chi connectivity index (χ1) is 12.6. The molecule has 3 aliphatic carbocycles. The van der Waals surface area contributed by atoms with Crippen molar-refractivity contribution in [3.05, 3.63) is 35.9 Å². The molecule has 1 aliphatic heterocycles. The second-order valence-corrected chi connectivity index (χ2v) is 7.99. The number of fused-ring (bicyclic) bond motifs is 3. The quantitative estimate of drug-likeness (QED) is 0.603. The van der Waals surface area contributed by atoms with Crippen LogP contribution in [0.2, 0.25) is 0 Å². The molecule has 136 valence electrons. The summed E-state index contributed by atoms with van der Waals surface area (Å²) in [6, 6.07) is 5.73. The van der Waals surface area contributed by atoms with Crippen molar-refractivity contribution in [1.82, 2.24) is 4.90 Å². The normalized spacial score (nSPS) is 32.5. The summed E-state index contributed by atoms with van der Waals surface area (Å²) in [4.78, 5) is 27.5. The van der Waals surface area contributed by atoms with Crippen LogP contribution in [0.15, 0.2) is 30.4 Å². The van der Waals surface area contributed by atoms with E-state index in [0.29, 0.717) is 36.3 Å². The summed E-state index contributed by atoms with van der Waals surface area (Å²) in [6.07, 6.45) is 7.40. The predicted molar refractivity (Wildman–Crippen MR) is 94.7 cm³/mol. The van der Waals surface area contributed by atoms with Crippen molar-refractivity contribution in [2.45, 2.75) is 19.3 Å². The number of nitrogens with zero attached hydrogens (tertiary/aromatic N) is 1. The van der Waals surface area contributed by atoms with Crippen LogP contribution >= 0.6 is 0 Å². The van der Waals surface area contributed by atoms with E-state index in [-0.39, 0.29) is 29.1 Å². The lowest BCUT2D eigenvalue weighted by atomic mass is 9.85. The Bertz CT molecular complexity index is 791. The van der Waals surface area contributed by atoms with Crippen molar-refractivity contribution in [3.8, 4) is 11.5 Å². The lowest BCUT2D eigenvalue weighted by Crippen LogP contribution is -2.36. The lowest BCUT2D eigenvalue weighted by molar-refractivity contribution is -0.141. The van der Waals surface area contributed by atoms with Crippen LogP contribution in [0.4, 0.5) is 0 Å². The standard InChI is InChI=1S/C21H23NO4/c1-25-15-6-3-12(11-16(15)26-2)7-10-22-19(23)17-13-4-5-14(18(17)20(22)24)21(13)8-9-21/h3-6,11,13-14,17-18H,7-10H2,1-2H3/t13-,14+,17-,18+. The van der Waals surface area contributed by atoms with Crippen molar-refractivity contribution < 1.29 is 19.1 Å². The number of benzene rings is 1. The van der Waals surface area contributed by atoms with Crippen LogP contribution in [0.5, 0.6) is 11.5 Å². The van der Waals surface area contributed by atoms with Gasteiger partial charge < -0.3 is 9.47 Å². The monoisotopic (exact) mass is 353 g/mol. The predicted octanol–water partition coefficient (Wildman–Crippen LogP) is 2.44. The van der Waals surface area contributed by atoms with Gasteiger partial charge in [0, 0.05) is 6.54 Å². The fraction of sp³-hybridized carbons (Fsp3) is 0.524. The largest absolute Gasteiger partial charge is 0.493 e. The van der Waals surface area contributed by atoms with Crippen molar-refractivity contribution in [2.24, 2.45) is 29.1 Å². The van der Waals surface area contributed by atoms with Crippen LogP contribution in [0.25, 0.3) is 0 Å². The molecule has 5 rings (SSSR count). The van der Waals surface area contributed by atoms with Gasteiger partial charge >= 0.3 is 0 Å². The van der Waals surface area contributed by atoms with Crippen LogP contribution < -0.4 is 9.47 Å². The maximum Gasteiger partial charge on any atom is 0.233 e. The van der Waals surface area contributed by atoms with E-state index in [1.165, 1.54) is 17.7 Å². The van der Waals surface area contributed by atoms with Crippen molar-refractivity contribution >= 4 is 11.8 Å². The number of hydrogen-bond acceptors (Lipinski definition) is 4. The van der Waals surface area contributed by atoms with Crippen LogP contribution in [-0.2, 0) is 16.0 Å². The van der Waals surface area contributed by atoms with E-state index in [1.807, 2.05) is 18.2 Å². The molecule has 1 aromatic carbocycles. The molecule has 2 saturated carbocycles. The minimum absolute atomic E-state index is 0.0450. The van der Waals surface area contributed by atoms with E-state index in [0.717, 1.165) is 5.56 Å². The molecule has 26 heavy (non-hydrogen) atoms. The van der Waals surface area contributed by atoms with E-state index in [2.05, 4.69) is 12.2 Å². The zero-order valence-electron chi connectivity index (χ0n) is 15.1. The SMILES string of the molecule is COc1ccc(CCN2C(=O)[C@@H]3[C@H](C2=O)[C@H]2C=C[C@@H]3C23CC3)cc1OC. The average Bonchev–Trinajstić information content (AvgIpc) is 3.26. The fourth-order valence-corrected chi connectivity index (χ4v) is 5.64. The maximum atomic E-state index is 13.0. The Morgan fingerprint density at radius 3 is 2.15 bits per heavy atom. The summed E-state index contributed by atoms with van der Waals surface area (Å²) >= 11 is 0. The Morgan fingerprint density at radius 1 is 1.00 bits per heavy atom. The van der Waals surface area contributed by atoms with Gasteiger partial charge in [0.25, 0.3) is 0 Å². The van der Waals surface area contributed by atoms with Crippen LogP contribution in [-0.4, -0.2) is 37.5 Å². The number of carbonyl (C=O) groups is 2. The number of likely N-dealkylation sites (tertiary alicyclic amines) is 1. The molecule has 5 nitrogen and oxygen atoms in total. The first-order valence-corrected chi connectivity index (χ1v) is 9.35. The molecule has 1 heterocycles. The second-order valence-electron chi connectivity index (χ2n) is 7.99. The molecule has 4 aliphatic rings. The number of hydrogen-bond donors (Lipinski definition) is 0. The highest BCUT2D eigenvalue weighted by molar-refractivity contribution is 6.06. The van der Waals surface area contributed by atoms with Gasteiger partial charge in [0.15, 0.2) is 11.5 Å². The van der Waals surface area contributed by atoms with Crippen LogP contribution in [0, 0.1) is 29.1 Å². The zero-order valence-corrected chi connectivity index (χ0v) is 15.1. The molecule has 1 aromatic rings. The first-order valence-electron chi connectivity index (χ1n) is 9.35. The summed E-state index contributed by atoms with van der Waals surface area (Å²) in [5.74, 6) is 1.80. The highest BCUT2D eigenvalue weighted by Gasteiger charge is 2.73. The third-order valence-electron chi connectivity index (χ3n) is 7.02. The average molecular weight is 353 g/mol. The number of carbonyl (C=O) groups excluding carboxylic acids is 2. The number of imide groups is 1. The molecular weight excluding hydrogens is 330 g/mol.